The van der Waals surface area contributed by atoms with Crippen LogP contribution in [0.15, 0.2) is 12.3 Å². The number of allylic oxidation sites excluding steroid dienone is 1. The molecule has 1 heterocycles. The second kappa shape index (κ2) is 2.72. The largest absolute Gasteiger partial charge is 0.391 e. The highest BCUT2D eigenvalue weighted by molar-refractivity contribution is 4.84. The van der Waals surface area contributed by atoms with Crippen molar-refractivity contribution in [2.45, 2.75) is 18.9 Å². The van der Waals surface area contributed by atoms with Crippen molar-refractivity contribution in [2.24, 2.45) is 0 Å². The van der Waals surface area contributed by atoms with Crippen LogP contribution in [0.4, 0.5) is 0 Å². The minimum Gasteiger partial charge on any atom is -0.391 e. The summed E-state index contributed by atoms with van der Waals surface area (Å²) in [6.45, 7) is 0.705. The summed E-state index contributed by atoms with van der Waals surface area (Å²) in [6, 6.07) is 0. The maximum absolute atomic E-state index is 8.99. The number of rotatable bonds is 0. The van der Waals surface area contributed by atoms with E-state index in [0.717, 1.165) is 12.8 Å². The van der Waals surface area contributed by atoms with Gasteiger partial charge in [-0.2, -0.15) is 0 Å². The molecular weight excluding hydrogens is 102 g/mol. The molecule has 0 aromatic heterocycles. The first-order valence-corrected chi connectivity index (χ1v) is 2.96. The Kier molecular flexibility index (Phi) is 1.92. The number of β-amino-alcohol motifs (C(OH)–C–C–N with tert-alkyl or cyclic N) is 1. The van der Waals surface area contributed by atoms with E-state index in [1.165, 1.54) is 0 Å². The van der Waals surface area contributed by atoms with Gasteiger partial charge in [0.1, 0.15) is 0 Å². The molecule has 1 atom stereocenters. The number of hydrogen-bond acceptors (Lipinski definition) is 2. The fourth-order valence-corrected chi connectivity index (χ4v) is 0.761. The molecule has 1 aliphatic rings. The van der Waals surface area contributed by atoms with E-state index in [9.17, 15) is 0 Å². The monoisotopic (exact) mass is 113 g/mol. The third kappa shape index (κ3) is 1.54. The molecule has 0 spiro atoms. The number of nitrogens with one attached hydrogen (secondary N) is 1. The molecule has 0 bridgehead atoms. The van der Waals surface area contributed by atoms with Gasteiger partial charge in [-0.3, -0.25) is 0 Å². The van der Waals surface area contributed by atoms with Crippen LogP contribution in [0.2, 0.25) is 0 Å². The molecule has 1 rings (SSSR count). The fraction of sp³-hybridized carbons (Fsp3) is 0.667. The second-order valence-electron chi connectivity index (χ2n) is 2.04. The van der Waals surface area contributed by atoms with E-state index < -0.39 is 0 Å². The molecule has 0 aliphatic carbocycles. The summed E-state index contributed by atoms with van der Waals surface area (Å²) < 4.78 is 0. The van der Waals surface area contributed by atoms with Crippen molar-refractivity contribution >= 4 is 0 Å². The second-order valence-corrected chi connectivity index (χ2v) is 2.04. The molecule has 46 valence electrons. The summed E-state index contributed by atoms with van der Waals surface area (Å²) in [5, 5.41) is 12.0. The minimum absolute atomic E-state index is 0.148. The van der Waals surface area contributed by atoms with E-state index in [1.54, 1.807) is 0 Å². The summed E-state index contributed by atoms with van der Waals surface area (Å²) >= 11 is 0. The Labute approximate surface area is 49.2 Å². The van der Waals surface area contributed by atoms with Gasteiger partial charge in [-0.25, -0.2) is 0 Å². The number of hydrogen-bond donors (Lipinski definition) is 2. The summed E-state index contributed by atoms with van der Waals surface area (Å²) in [5.41, 5.74) is 0. The molecule has 1 unspecified atom stereocenters. The molecule has 2 nitrogen and oxygen atoms in total. The molecule has 8 heavy (non-hydrogen) atoms. The Balaban J connectivity index is 2.28. The summed E-state index contributed by atoms with van der Waals surface area (Å²) in [7, 11) is 0. The summed E-state index contributed by atoms with van der Waals surface area (Å²) in [5.74, 6) is 0. The Morgan fingerprint density at radius 2 is 2.50 bits per heavy atom. The Morgan fingerprint density at radius 1 is 1.62 bits per heavy atom. The van der Waals surface area contributed by atoms with Gasteiger partial charge in [-0.05, 0) is 19.0 Å². The molecule has 1 aliphatic heterocycles. The predicted octanol–water partition coefficient (Wildman–Crippen LogP) is 0.244. The molecule has 0 amide bonds. The average molecular weight is 113 g/mol. The van der Waals surface area contributed by atoms with E-state index in [4.69, 9.17) is 5.11 Å². The molecule has 0 saturated carbocycles. The Morgan fingerprint density at radius 3 is 3.38 bits per heavy atom. The molecule has 0 aromatic carbocycles. The van der Waals surface area contributed by atoms with Gasteiger partial charge < -0.3 is 10.4 Å². The summed E-state index contributed by atoms with van der Waals surface area (Å²) in [4.78, 5) is 0. The summed E-state index contributed by atoms with van der Waals surface area (Å²) in [6.07, 6.45) is 5.68. The smallest absolute Gasteiger partial charge is 0.0715 e. The van der Waals surface area contributed by atoms with Crippen molar-refractivity contribution in [3.05, 3.63) is 12.3 Å². The maximum Gasteiger partial charge on any atom is 0.0715 e. The number of aliphatic hydroxyl groups is 1. The van der Waals surface area contributed by atoms with Crippen LogP contribution in [0.1, 0.15) is 12.8 Å². The van der Waals surface area contributed by atoms with Crippen molar-refractivity contribution in [3.63, 3.8) is 0 Å². The first-order chi connectivity index (χ1) is 3.89. The third-order valence-electron chi connectivity index (χ3n) is 1.26. The van der Waals surface area contributed by atoms with Crippen molar-refractivity contribution in [1.82, 2.24) is 5.32 Å². The lowest BCUT2D eigenvalue weighted by atomic mass is 10.2. The highest BCUT2D eigenvalue weighted by Crippen LogP contribution is 1.99. The van der Waals surface area contributed by atoms with E-state index in [0.29, 0.717) is 6.54 Å². The van der Waals surface area contributed by atoms with Crippen LogP contribution in [-0.4, -0.2) is 17.8 Å². The third-order valence-corrected chi connectivity index (χ3v) is 1.26. The van der Waals surface area contributed by atoms with Crippen molar-refractivity contribution in [2.75, 3.05) is 6.54 Å². The van der Waals surface area contributed by atoms with Crippen LogP contribution in [0.5, 0.6) is 0 Å². The highest BCUT2D eigenvalue weighted by Gasteiger charge is 2.01. The first-order valence-electron chi connectivity index (χ1n) is 2.96. The Hall–Kier alpha value is -0.500. The van der Waals surface area contributed by atoms with Crippen LogP contribution in [0.25, 0.3) is 0 Å². The highest BCUT2D eigenvalue weighted by atomic mass is 16.3. The van der Waals surface area contributed by atoms with Gasteiger partial charge in [-0.15, -0.1) is 0 Å². The van der Waals surface area contributed by atoms with E-state index >= 15 is 0 Å². The molecular formula is C6H11NO. The van der Waals surface area contributed by atoms with Gasteiger partial charge in [0.15, 0.2) is 0 Å². The van der Waals surface area contributed by atoms with Crippen LogP contribution in [-0.2, 0) is 0 Å². The van der Waals surface area contributed by atoms with Crippen LogP contribution >= 0.6 is 0 Å². The van der Waals surface area contributed by atoms with Crippen molar-refractivity contribution in [1.29, 1.82) is 0 Å². The molecule has 0 aromatic rings. The van der Waals surface area contributed by atoms with Gasteiger partial charge >= 0.3 is 0 Å². The normalized spacial score (nSPS) is 28.9. The van der Waals surface area contributed by atoms with E-state index in [1.807, 2.05) is 12.3 Å². The first kappa shape index (κ1) is 5.63. The zero-order valence-electron chi connectivity index (χ0n) is 4.80. The van der Waals surface area contributed by atoms with Crippen molar-refractivity contribution < 1.29 is 5.11 Å². The van der Waals surface area contributed by atoms with Gasteiger partial charge in [0, 0.05) is 6.54 Å². The van der Waals surface area contributed by atoms with E-state index in [2.05, 4.69) is 5.32 Å². The van der Waals surface area contributed by atoms with Gasteiger partial charge in [0.2, 0.25) is 0 Å². The van der Waals surface area contributed by atoms with Crippen LogP contribution in [0.3, 0.4) is 0 Å². The number of aliphatic hydroxyl groups excluding tert-OH is 1. The lowest BCUT2D eigenvalue weighted by molar-refractivity contribution is 0.170. The van der Waals surface area contributed by atoms with Gasteiger partial charge in [0.05, 0.1) is 6.10 Å². The van der Waals surface area contributed by atoms with Gasteiger partial charge in [-0.1, -0.05) is 6.08 Å². The fourth-order valence-electron chi connectivity index (χ4n) is 0.761. The topological polar surface area (TPSA) is 32.3 Å². The maximum atomic E-state index is 8.99. The average Bonchev–Trinajstić information content (AvgIpc) is 1.94. The molecule has 2 heteroatoms. The molecule has 0 fully saturated rings. The zero-order chi connectivity index (χ0) is 5.82. The lowest BCUT2D eigenvalue weighted by Gasteiger charge is -2.03. The van der Waals surface area contributed by atoms with Crippen LogP contribution < -0.4 is 5.32 Å². The molecule has 2 N–H and O–H groups in total. The van der Waals surface area contributed by atoms with Crippen molar-refractivity contribution in [3.8, 4) is 0 Å². The molecule has 0 radical (unpaired) electrons. The SMILES string of the molecule is OC1CCC=CNC1. The predicted molar refractivity (Wildman–Crippen MR) is 32.4 cm³/mol. The van der Waals surface area contributed by atoms with Crippen LogP contribution in [0, 0.1) is 0 Å². The van der Waals surface area contributed by atoms with E-state index in [-0.39, 0.29) is 6.10 Å². The molecule has 0 saturated heterocycles. The standard InChI is InChI=1S/C6H11NO/c8-6-3-1-2-4-7-5-6/h2,4,6-8H,1,3,5H2. The Bertz CT molecular complexity index is 80.5. The van der Waals surface area contributed by atoms with Gasteiger partial charge in [0.25, 0.3) is 0 Å². The quantitative estimate of drug-likeness (QED) is 0.472. The lowest BCUT2D eigenvalue weighted by Crippen LogP contribution is -2.20. The zero-order valence-corrected chi connectivity index (χ0v) is 4.80. The minimum atomic E-state index is -0.148.